The molecule has 1 unspecified atom stereocenters. The highest BCUT2D eigenvalue weighted by Crippen LogP contribution is 2.32. The van der Waals surface area contributed by atoms with Crippen molar-refractivity contribution in [3.8, 4) is 11.5 Å². The van der Waals surface area contributed by atoms with Gasteiger partial charge >= 0.3 is 0 Å². The smallest absolute Gasteiger partial charge is 0.231 e. The van der Waals surface area contributed by atoms with Crippen LogP contribution in [0, 0.1) is 0 Å². The minimum Gasteiger partial charge on any atom is -0.454 e. The van der Waals surface area contributed by atoms with Crippen LogP contribution in [0.25, 0.3) is 0 Å². The Morgan fingerprint density at radius 2 is 2.50 bits per heavy atom. The second-order valence-corrected chi connectivity index (χ2v) is 3.05. The van der Waals surface area contributed by atoms with Crippen molar-refractivity contribution in [2.75, 3.05) is 13.8 Å². The first kappa shape index (κ1) is 4.53. The second kappa shape index (κ2) is 3.88. The van der Waals surface area contributed by atoms with Crippen LogP contribution in [0.15, 0.2) is 18.2 Å². The van der Waals surface area contributed by atoms with Gasteiger partial charge in [0.25, 0.3) is 0 Å². The third-order valence-electron chi connectivity index (χ3n) is 2.05. The Kier molecular flexibility index (Phi) is 1.26. The van der Waals surface area contributed by atoms with Crippen LogP contribution in [-0.2, 0) is 6.42 Å². The van der Waals surface area contributed by atoms with Crippen LogP contribution in [-0.4, -0.2) is 19.8 Å². The molecule has 1 atom stereocenters. The van der Waals surface area contributed by atoms with Gasteiger partial charge in [-0.3, -0.25) is 0 Å². The van der Waals surface area contributed by atoms with Gasteiger partial charge in [0.1, 0.15) is 4.15 Å². The summed E-state index contributed by atoms with van der Waals surface area (Å²) >= 11 is 0. The first-order chi connectivity index (χ1) is 9.08. The van der Waals surface area contributed by atoms with Gasteiger partial charge in [-0.15, -0.1) is 0 Å². The van der Waals surface area contributed by atoms with Gasteiger partial charge in [0.05, 0.1) is 0 Å². The number of ether oxygens (including phenoxy) is 2. The molecule has 14 heavy (non-hydrogen) atoms. The average Bonchev–Trinajstić information content (AvgIpc) is 2.56. The molecule has 3 heteroatoms. The molecule has 0 aliphatic carbocycles. The molecule has 1 aliphatic rings. The molecule has 0 saturated heterocycles. The zero-order valence-corrected chi connectivity index (χ0v) is 7.78. The maximum Gasteiger partial charge on any atom is 0.231 e. The predicted molar refractivity (Wildman–Crippen MR) is 54.8 cm³/mol. The van der Waals surface area contributed by atoms with E-state index in [1.807, 2.05) is 0 Å². The summed E-state index contributed by atoms with van der Waals surface area (Å²) in [6, 6.07) is 3.78. The van der Waals surface area contributed by atoms with Crippen molar-refractivity contribution >= 4 is 0 Å². The van der Waals surface area contributed by atoms with E-state index in [4.69, 9.17) is 17.7 Å². The van der Waals surface area contributed by atoms with E-state index < -0.39 is 19.6 Å². The summed E-state index contributed by atoms with van der Waals surface area (Å²) in [5.74, 6) is 0.521. The van der Waals surface area contributed by atoms with Gasteiger partial charge < -0.3 is 14.8 Å². The second-order valence-electron chi connectivity index (χ2n) is 3.05. The first-order valence-corrected chi connectivity index (χ1v) is 4.31. The Morgan fingerprint density at radius 1 is 1.64 bits per heavy atom. The fraction of sp³-hybridized carbons (Fsp3) is 0.455. The van der Waals surface area contributed by atoms with Gasteiger partial charge in [-0.05, 0) is 38.0 Å². The Bertz CT molecular complexity index is 502. The molecule has 0 radical (unpaired) electrons. The average molecular weight is 199 g/mol. The van der Waals surface area contributed by atoms with Gasteiger partial charge in [-0.2, -0.15) is 0 Å². The van der Waals surface area contributed by atoms with Crippen molar-refractivity contribution in [1.82, 2.24) is 5.31 Å². The van der Waals surface area contributed by atoms with Crippen LogP contribution >= 0.6 is 0 Å². The normalized spacial score (nSPS) is 26.7. The highest BCUT2D eigenvalue weighted by Gasteiger charge is 2.13. The molecule has 2 rings (SSSR count). The molecule has 0 bridgehead atoms. The SMILES string of the molecule is [2H]N(C)C(Cc1ccc2c(c1)OC([2H])([2H])O2)C([2H])([2H])[2H]. The molecule has 76 valence electrons. The molecular formula is C11H15NO2. The topological polar surface area (TPSA) is 30.5 Å². The third-order valence-corrected chi connectivity index (χ3v) is 2.05. The fourth-order valence-corrected chi connectivity index (χ4v) is 1.27. The number of likely N-dealkylation sites (N-methyl/N-ethyl adjacent to an activating group) is 1. The van der Waals surface area contributed by atoms with Gasteiger partial charge in [0, 0.05) is 10.2 Å². The van der Waals surface area contributed by atoms with Crippen molar-refractivity contribution in [1.29, 1.82) is 0 Å². The monoisotopic (exact) mass is 199 g/mol. The van der Waals surface area contributed by atoms with Crippen molar-refractivity contribution < 1.29 is 17.7 Å². The highest BCUT2D eigenvalue weighted by atomic mass is 16.7. The minimum absolute atomic E-state index is 0.135. The molecule has 1 aromatic rings. The molecule has 1 N–H and O–H groups in total. The van der Waals surface area contributed by atoms with Gasteiger partial charge in [-0.25, -0.2) is 0 Å². The molecule has 0 spiro atoms. The third kappa shape index (κ3) is 1.82. The summed E-state index contributed by atoms with van der Waals surface area (Å²) in [6.07, 6.45) is 0.135. The standard InChI is InChI=1S/C11H15NO2/c1-8(12-2)5-9-3-4-10-11(6-9)14-7-13-10/h3-4,6,8,12H,5,7H2,1-2H3/i1D3,7D2/hD. The summed E-state index contributed by atoms with van der Waals surface area (Å²) in [4.78, 5) is 0. The quantitative estimate of drug-likeness (QED) is 0.801. The van der Waals surface area contributed by atoms with Crippen LogP contribution in [0.2, 0.25) is 1.41 Å². The van der Waals surface area contributed by atoms with E-state index in [2.05, 4.69) is 0 Å². The summed E-state index contributed by atoms with van der Waals surface area (Å²) in [5.41, 5.74) is 0.644. The largest absolute Gasteiger partial charge is 0.454 e. The number of nitrogens with one attached hydrogen (secondary N) is 1. The molecule has 0 amide bonds. The number of hydrogen-bond acceptors (Lipinski definition) is 3. The molecular weight excluding hydrogens is 178 g/mol. The lowest BCUT2D eigenvalue weighted by Gasteiger charge is -2.09. The molecule has 1 heterocycles. The lowest BCUT2D eigenvalue weighted by Crippen LogP contribution is -2.23. The van der Waals surface area contributed by atoms with E-state index >= 15 is 0 Å². The van der Waals surface area contributed by atoms with E-state index in [9.17, 15) is 0 Å². The van der Waals surface area contributed by atoms with E-state index in [0.29, 0.717) is 5.56 Å². The van der Waals surface area contributed by atoms with Crippen LogP contribution in [0.5, 0.6) is 11.5 Å². The number of fused-ring (bicyclic) bond motifs is 1. The Hall–Kier alpha value is -1.22. The molecule has 0 fully saturated rings. The Balaban J connectivity index is 2.20. The fourth-order valence-electron chi connectivity index (χ4n) is 1.27. The lowest BCUT2D eigenvalue weighted by molar-refractivity contribution is 0.174. The number of benzene rings is 1. The van der Waals surface area contributed by atoms with Crippen molar-refractivity contribution in [3.63, 3.8) is 0 Å². The molecule has 3 nitrogen and oxygen atoms in total. The highest BCUT2D eigenvalue weighted by molar-refractivity contribution is 5.44. The molecule has 1 aromatic carbocycles. The van der Waals surface area contributed by atoms with Crippen LogP contribution in [0.1, 0.15) is 19.3 Å². The van der Waals surface area contributed by atoms with Crippen molar-refractivity contribution in [2.24, 2.45) is 0 Å². The van der Waals surface area contributed by atoms with Gasteiger partial charge in [0.2, 0.25) is 6.75 Å². The van der Waals surface area contributed by atoms with Crippen LogP contribution < -0.4 is 14.8 Å². The lowest BCUT2D eigenvalue weighted by atomic mass is 10.1. The number of rotatable bonds is 3. The van der Waals surface area contributed by atoms with E-state index in [1.54, 1.807) is 12.1 Å². The zero-order valence-electron chi connectivity index (χ0n) is 13.8. The minimum atomic E-state index is -2.28. The van der Waals surface area contributed by atoms with E-state index in [1.165, 1.54) is 13.1 Å². The predicted octanol–water partition coefficient (Wildman–Crippen LogP) is 1.57. The van der Waals surface area contributed by atoms with Gasteiger partial charge in [-0.1, -0.05) is 6.07 Å². The molecule has 0 aromatic heterocycles. The molecule has 0 saturated carbocycles. The summed E-state index contributed by atoms with van der Waals surface area (Å²) in [7, 11) is 1.39. The first-order valence-electron chi connectivity index (χ1n) is 7.26. The summed E-state index contributed by atoms with van der Waals surface area (Å²) < 4.78 is 54.4. The van der Waals surface area contributed by atoms with Crippen molar-refractivity contribution in [3.05, 3.63) is 23.8 Å². The Labute approximate surface area is 92.5 Å². The number of hydrogen-bond donors (Lipinski definition) is 1. The van der Waals surface area contributed by atoms with Gasteiger partial charge in [0.15, 0.2) is 11.5 Å². The van der Waals surface area contributed by atoms with Crippen LogP contribution in [0.4, 0.5) is 0 Å². The molecule has 1 aliphatic heterocycles. The van der Waals surface area contributed by atoms with Crippen LogP contribution in [0.3, 0.4) is 0 Å². The maximum absolute atomic E-state index is 7.51. The summed E-state index contributed by atoms with van der Waals surface area (Å²) in [6.45, 7) is -4.47. The maximum atomic E-state index is 7.51. The summed E-state index contributed by atoms with van der Waals surface area (Å²) in [5, 5.41) is 0.914. The van der Waals surface area contributed by atoms with E-state index in [-0.39, 0.29) is 17.9 Å². The van der Waals surface area contributed by atoms with E-state index in [0.717, 1.165) is 5.31 Å². The zero-order chi connectivity index (χ0) is 15.1. The Morgan fingerprint density at radius 3 is 3.29 bits per heavy atom. The van der Waals surface area contributed by atoms with Crippen molar-refractivity contribution in [2.45, 2.75) is 19.3 Å².